The van der Waals surface area contributed by atoms with E-state index in [1.165, 1.54) is 6.08 Å². The molecule has 16 heavy (non-hydrogen) atoms. The zero-order chi connectivity index (χ0) is 12.4. The van der Waals surface area contributed by atoms with Crippen molar-refractivity contribution in [2.75, 3.05) is 0 Å². The van der Waals surface area contributed by atoms with E-state index in [0.717, 1.165) is 11.8 Å². The summed E-state index contributed by atoms with van der Waals surface area (Å²) in [6, 6.07) is 0. The third-order valence-electron chi connectivity index (χ3n) is 3.15. The third-order valence-corrected chi connectivity index (χ3v) is 3.15. The highest BCUT2D eigenvalue weighted by atomic mass is 16.7. The molecule has 0 spiro atoms. The second kappa shape index (κ2) is 4.56. The molecule has 1 saturated heterocycles. The maximum Gasteiger partial charge on any atom is 0.494 e. The molecule has 88 valence electrons. The van der Waals surface area contributed by atoms with Crippen LogP contribution in [-0.4, -0.2) is 24.6 Å². The Hall–Kier alpha value is -0.865. The van der Waals surface area contributed by atoms with Gasteiger partial charge in [0.2, 0.25) is 0 Å². The Balaban J connectivity index is 2.93. The van der Waals surface area contributed by atoms with Crippen LogP contribution in [0.4, 0.5) is 0 Å². The minimum atomic E-state index is -0.466. The Morgan fingerprint density at radius 3 is 2.00 bits per heavy atom. The minimum absolute atomic E-state index is 0.374. The van der Waals surface area contributed by atoms with Crippen LogP contribution in [-0.2, 0) is 14.1 Å². The van der Waals surface area contributed by atoms with Gasteiger partial charge in [-0.05, 0) is 46.2 Å². The molecule has 0 bridgehead atoms. The van der Waals surface area contributed by atoms with Gasteiger partial charge >= 0.3 is 7.12 Å². The van der Waals surface area contributed by atoms with E-state index in [1.807, 2.05) is 46.8 Å². The minimum Gasteiger partial charge on any atom is -0.399 e. The molecule has 1 heterocycles. The van der Waals surface area contributed by atoms with E-state index in [4.69, 9.17) is 9.31 Å². The first-order valence-corrected chi connectivity index (χ1v) is 5.48. The van der Waals surface area contributed by atoms with Crippen LogP contribution in [0.5, 0.6) is 0 Å². The van der Waals surface area contributed by atoms with Crippen LogP contribution < -0.4 is 0 Å². The average molecular weight is 222 g/mol. The number of aldehydes is 1. The van der Waals surface area contributed by atoms with Crippen molar-refractivity contribution in [3.63, 3.8) is 0 Å². The molecule has 1 aliphatic heterocycles. The van der Waals surface area contributed by atoms with Crippen LogP contribution >= 0.6 is 0 Å². The molecule has 0 N–H and O–H groups in total. The molecule has 0 aromatic rings. The van der Waals surface area contributed by atoms with Gasteiger partial charge in [-0.2, -0.15) is 0 Å². The lowest BCUT2D eigenvalue weighted by Gasteiger charge is -2.32. The monoisotopic (exact) mass is 222 g/mol. The highest BCUT2D eigenvalue weighted by molar-refractivity contribution is 6.56. The molecule has 0 unspecified atom stereocenters. The summed E-state index contributed by atoms with van der Waals surface area (Å²) in [6.07, 6.45) is 5.92. The Bertz CT molecular complexity index is 313. The van der Waals surface area contributed by atoms with Gasteiger partial charge < -0.3 is 9.31 Å². The topological polar surface area (TPSA) is 35.5 Å². The SMILES string of the molecule is C/C=C\C(=C/C=O)B1OC(C)(C)C(C)(C)O1. The molecule has 4 heteroatoms. The number of hydrogen-bond donors (Lipinski definition) is 0. The molecule has 1 fully saturated rings. The van der Waals surface area contributed by atoms with Crippen molar-refractivity contribution in [2.45, 2.75) is 45.8 Å². The largest absolute Gasteiger partial charge is 0.494 e. The normalized spacial score (nSPS) is 24.1. The fraction of sp³-hybridized carbons (Fsp3) is 0.583. The molecule has 0 aliphatic carbocycles. The van der Waals surface area contributed by atoms with Crippen LogP contribution in [0.15, 0.2) is 23.7 Å². The second-order valence-corrected chi connectivity index (χ2v) is 4.89. The maximum atomic E-state index is 10.5. The quantitative estimate of drug-likeness (QED) is 0.318. The molecule has 0 aromatic heterocycles. The van der Waals surface area contributed by atoms with E-state index >= 15 is 0 Å². The summed E-state index contributed by atoms with van der Waals surface area (Å²) in [4.78, 5) is 10.5. The summed E-state index contributed by atoms with van der Waals surface area (Å²) in [5.41, 5.74) is -0.00114. The summed E-state index contributed by atoms with van der Waals surface area (Å²) in [5, 5.41) is 0. The van der Waals surface area contributed by atoms with Crippen LogP contribution in [0.2, 0.25) is 0 Å². The summed E-state index contributed by atoms with van der Waals surface area (Å²) < 4.78 is 11.7. The zero-order valence-electron chi connectivity index (χ0n) is 10.6. The lowest BCUT2D eigenvalue weighted by atomic mass is 9.78. The van der Waals surface area contributed by atoms with E-state index in [-0.39, 0.29) is 11.2 Å². The Labute approximate surface area is 97.6 Å². The fourth-order valence-electron chi connectivity index (χ4n) is 1.46. The van der Waals surface area contributed by atoms with Gasteiger partial charge in [-0.25, -0.2) is 0 Å². The summed E-state index contributed by atoms with van der Waals surface area (Å²) in [7, 11) is -0.466. The highest BCUT2D eigenvalue weighted by Gasteiger charge is 2.51. The number of carbonyl (C=O) groups is 1. The molecule has 0 amide bonds. The maximum absolute atomic E-state index is 10.5. The molecular weight excluding hydrogens is 203 g/mol. The fourth-order valence-corrected chi connectivity index (χ4v) is 1.46. The first-order chi connectivity index (χ1) is 7.34. The molecule has 3 nitrogen and oxygen atoms in total. The molecule has 0 atom stereocenters. The van der Waals surface area contributed by atoms with E-state index in [9.17, 15) is 4.79 Å². The first kappa shape index (κ1) is 13.2. The lowest BCUT2D eigenvalue weighted by molar-refractivity contribution is -0.104. The van der Waals surface area contributed by atoms with Crippen molar-refractivity contribution in [1.29, 1.82) is 0 Å². The molecule has 0 radical (unpaired) electrons. The van der Waals surface area contributed by atoms with Gasteiger partial charge in [0.15, 0.2) is 0 Å². The van der Waals surface area contributed by atoms with Crippen LogP contribution in [0, 0.1) is 0 Å². The summed E-state index contributed by atoms with van der Waals surface area (Å²) in [5.74, 6) is 0. The van der Waals surface area contributed by atoms with Gasteiger partial charge in [-0.3, -0.25) is 4.79 Å². The average Bonchev–Trinajstić information content (AvgIpc) is 2.36. The molecule has 1 aliphatic rings. The smallest absolute Gasteiger partial charge is 0.399 e. The van der Waals surface area contributed by atoms with Crippen LogP contribution in [0.25, 0.3) is 0 Å². The Morgan fingerprint density at radius 2 is 1.62 bits per heavy atom. The van der Waals surface area contributed by atoms with Gasteiger partial charge in [0, 0.05) is 0 Å². The van der Waals surface area contributed by atoms with Gasteiger partial charge in [-0.1, -0.05) is 12.2 Å². The Morgan fingerprint density at radius 1 is 1.12 bits per heavy atom. The number of allylic oxidation sites excluding steroid dienone is 4. The van der Waals surface area contributed by atoms with Crippen molar-refractivity contribution in [3.05, 3.63) is 23.7 Å². The summed E-state index contributed by atoms with van der Waals surface area (Å²) >= 11 is 0. The molecule has 1 rings (SSSR count). The number of carbonyl (C=O) groups excluding carboxylic acids is 1. The molecule has 0 saturated carbocycles. The third kappa shape index (κ3) is 2.44. The van der Waals surface area contributed by atoms with Gasteiger partial charge in [-0.15, -0.1) is 0 Å². The zero-order valence-corrected chi connectivity index (χ0v) is 10.6. The predicted octanol–water partition coefficient (Wildman–Crippen LogP) is 2.32. The second-order valence-electron chi connectivity index (χ2n) is 4.89. The molecule has 0 aromatic carbocycles. The van der Waals surface area contributed by atoms with Gasteiger partial charge in [0.05, 0.1) is 11.2 Å². The van der Waals surface area contributed by atoms with Crippen molar-refractivity contribution in [2.24, 2.45) is 0 Å². The molecular formula is C12H19BO3. The summed E-state index contributed by atoms with van der Waals surface area (Å²) in [6.45, 7) is 9.84. The number of rotatable bonds is 3. The van der Waals surface area contributed by atoms with E-state index in [2.05, 4.69) is 0 Å². The number of hydrogen-bond acceptors (Lipinski definition) is 3. The highest BCUT2D eigenvalue weighted by Crippen LogP contribution is 2.38. The van der Waals surface area contributed by atoms with E-state index < -0.39 is 7.12 Å². The van der Waals surface area contributed by atoms with Crippen molar-refractivity contribution < 1.29 is 14.1 Å². The van der Waals surface area contributed by atoms with E-state index in [0.29, 0.717) is 0 Å². The standard InChI is InChI=1S/C12H19BO3/c1-6-7-10(8-9-14)13-15-11(2,3)12(4,5)16-13/h6-9H,1-5H3/b7-6-,10-8+. The van der Waals surface area contributed by atoms with Crippen molar-refractivity contribution in [1.82, 2.24) is 0 Å². The van der Waals surface area contributed by atoms with E-state index in [1.54, 1.807) is 0 Å². The van der Waals surface area contributed by atoms with Crippen LogP contribution in [0.3, 0.4) is 0 Å². The van der Waals surface area contributed by atoms with Crippen LogP contribution in [0.1, 0.15) is 34.6 Å². The van der Waals surface area contributed by atoms with Crippen molar-refractivity contribution in [3.8, 4) is 0 Å². The Kier molecular flexibility index (Phi) is 3.76. The van der Waals surface area contributed by atoms with Crippen molar-refractivity contribution >= 4 is 13.4 Å². The first-order valence-electron chi connectivity index (χ1n) is 5.48. The lowest BCUT2D eigenvalue weighted by Crippen LogP contribution is -2.41. The predicted molar refractivity (Wildman–Crippen MR) is 65.0 cm³/mol. The van der Waals surface area contributed by atoms with Gasteiger partial charge in [0.1, 0.15) is 6.29 Å². The van der Waals surface area contributed by atoms with Gasteiger partial charge in [0.25, 0.3) is 0 Å².